The van der Waals surface area contributed by atoms with E-state index in [-0.39, 0.29) is 11.4 Å². The highest BCUT2D eigenvalue weighted by molar-refractivity contribution is 5.93. The monoisotopic (exact) mass is 347 g/mol. The fourth-order valence-electron chi connectivity index (χ4n) is 2.66. The van der Waals surface area contributed by atoms with Crippen LogP contribution in [0.3, 0.4) is 0 Å². The summed E-state index contributed by atoms with van der Waals surface area (Å²) in [7, 11) is 0. The average Bonchev–Trinajstić information content (AvgIpc) is 3.09. The number of aromatic hydroxyl groups is 1. The lowest BCUT2D eigenvalue weighted by atomic mass is 10.1. The van der Waals surface area contributed by atoms with Crippen LogP contribution in [-0.4, -0.2) is 25.0 Å². The molecule has 3 N–H and O–H groups in total. The summed E-state index contributed by atoms with van der Waals surface area (Å²) in [6, 6.07) is 14.8. The molecule has 26 heavy (non-hydrogen) atoms. The van der Waals surface area contributed by atoms with Crippen LogP contribution in [0.15, 0.2) is 60.9 Å². The standard InChI is InChI=1S/C18H13N5O3/c24-14-6-4-12(5-7-14)21-17-15-9-16(22-18(15)20-10-19-17)11-2-1-3-13(8-11)23(25)26/h1-10,24H,(H2,19,20,21,22). The molecule has 4 aromatic rings. The van der Waals surface area contributed by atoms with Gasteiger partial charge in [-0.05, 0) is 30.3 Å². The number of aromatic amines is 1. The van der Waals surface area contributed by atoms with E-state index in [0.717, 1.165) is 11.1 Å². The molecule has 0 radical (unpaired) electrons. The fourth-order valence-corrected chi connectivity index (χ4v) is 2.66. The maximum absolute atomic E-state index is 11.0. The largest absolute Gasteiger partial charge is 0.508 e. The van der Waals surface area contributed by atoms with Gasteiger partial charge in [0.2, 0.25) is 0 Å². The molecule has 0 aliphatic heterocycles. The molecule has 0 unspecified atom stereocenters. The molecule has 0 bridgehead atoms. The third-order valence-electron chi connectivity index (χ3n) is 3.92. The number of fused-ring (bicyclic) bond motifs is 1. The average molecular weight is 347 g/mol. The topological polar surface area (TPSA) is 117 Å². The van der Waals surface area contributed by atoms with Crippen LogP contribution in [0.4, 0.5) is 17.2 Å². The summed E-state index contributed by atoms with van der Waals surface area (Å²) < 4.78 is 0. The van der Waals surface area contributed by atoms with E-state index in [9.17, 15) is 15.2 Å². The van der Waals surface area contributed by atoms with Crippen molar-refractivity contribution in [1.29, 1.82) is 0 Å². The van der Waals surface area contributed by atoms with Gasteiger partial charge in [-0.15, -0.1) is 0 Å². The quantitative estimate of drug-likeness (QED) is 0.292. The molecule has 0 atom stereocenters. The lowest BCUT2D eigenvalue weighted by Gasteiger charge is -2.06. The van der Waals surface area contributed by atoms with Crippen molar-refractivity contribution >= 4 is 28.2 Å². The molecule has 0 aliphatic rings. The molecular formula is C18H13N5O3. The number of aromatic nitrogens is 3. The maximum atomic E-state index is 11.0. The van der Waals surface area contributed by atoms with Gasteiger partial charge in [0.05, 0.1) is 10.3 Å². The van der Waals surface area contributed by atoms with Crippen LogP contribution in [0.25, 0.3) is 22.3 Å². The molecule has 2 aromatic heterocycles. The van der Waals surface area contributed by atoms with Crippen LogP contribution in [0, 0.1) is 10.1 Å². The van der Waals surface area contributed by atoms with Crippen molar-refractivity contribution in [2.45, 2.75) is 0 Å². The Hall–Kier alpha value is -3.94. The molecule has 0 aliphatic carbocycles. The van der Waals surface area contributed by atoms with Crippen LogP contribution in [0.1, 0.15) is 0 Å². The van der Waals surface area contributed by atoms with E-state index in [0.29, 0.717) is 22.7 Å². The second-order valence-electron chi connectivity index (χ2n) is 5.65. The Labute approximate surface area is 147 Å². The summed E-state index contributed by atoms with van der Waals surface area (Å²) in [4.78, 5) is 22.2. The number of hydrogen-bond donors (Lipinski definition) is 3. The zero-order valence-electron chi connectivity index (χ0n) is 13.4. The highest BCUT2D eigenvalue weighted by Crippen LogP contribution is 2.30. The van der Waals surface area contributed by atoms with E-state index in [1.165, 1.54) is 18.5 Å². The van der Waals surface area contributed by atoms with E-state index in [1.807, 2.05) is 6.07 Å². The number of phenols is 1. The molecule has 8 nitrogen and oxygen atoms in total. The van der Waals surface area contributed by atoms with Gasteiger partial charge in [0.15, 0.2) is 0 Å². The number of hydrogen-bond acceptors (Lipinski definition) is 6. The number of nitrogens with one attached hydrogen (secondary N) is 2. The van der Waals surface area contributed by atoms with E-state index in [2.05, 4.69) is 20.3 Å². The van der Waals surface area contributed by atoms with Crippen molar-refractivity contribution in [1.82, 2.24) is 15.0 Å². The lowest BCUT2D eigenvalue weighted by Crippen LogP contribution is -1.94. The van der Waals surface area contributed by atoms with Gasteiger partial charge >= 0.3 is 0 Å². The number of nitrogens with zero attached hydrogens (tertiary/aromatic N) is 3. The van der Waals surface area contributed by atoms with Crippen molar-refractivity contribution in [3.63, 3.8) is 0 Å². The summed E-state index contributed by atoms with van der Waals surface area (Å²) in [5, 5.41) is 24.3. The smallest absolute Gasteiger partial charge is 0.270 e. The summed E-state index contributed by atoms with van der Waals surface area (Å²) in [6.45, 7) is 0. The zero-order valence-corrected chi connectivity index (χ0v) is 13.4. The van der Waals surface area contributed by atoms with Crippen molar-refractivity contribution in [3.05, 3.63) is 71.0 Å². The number of phenolic OH excluding ortho intramolecular Hbond substituents is 1. The first-order chi connectivity index (χ1) is 12.6. The van der Waals surface area contributed by atoms with Crippen LogP contribution >= 0.6 is 0 Å². The Bertz CT molecular complexity index is 1110. The molecule has 0 fully saturated rings. The van der Waals surface area contributed by atoms with Gasteiger partial charge < -0.3 is 15.4 Å². The highest BCUT2D eigenvalue weighted by Gasteiger charge is 2.12. The van der Waals surface area contributed by atoms with E-state index >= 15 is 0 Å². The summed E-state index contributed by atoms with van der Waals surface area (Å²) in [6.07, 6.45) is 1.43. The Morgan fingerprint density at radius 2 is 1.88 bits per heavy atom. The van der Waals surface area contributed by atoms with Gasteiger partial charge in [-0.25, -0.2) is 9.97 Å². The molecule has 0 amide bonds. The lowest BCUT2D eigenvalue weighted by molar-refractivity contribution is -0.384. The number of benzene rings is 2. The predicted octanol–water partition coefficient (Wildman–Crippen LogP) is 3.98. The van der Waals surface area contributed by atoms with Crippen LogP contribution < -0.4 is 5.32 Å². The number of H-pyrrole nitrogens is 1. The Morgan fingerprint density at radius 1 is 1.08 bits per heavy atom. The first-order valence-corrected chi connectivity index (χ1v) is 7.75. The molecular weight excluding hydrogens is 334 g/mol. The first-order valence-electron chi connectivity index (χ1n) is 7.75. The van der Waals surface area contributed by atoms with Gasteiger partial charge in [0.25, 0.3) is 5.69 Å². The van der Waals surface area contributed by atoms with Crippen molar-refractivity contribution in [2.75, 3.05) is 5.32 Å². The molecule has 4 rings (SSSR count). The molecule has 8 heteroatoms. The van der Waals surface area contributed by atoms with Gasteiger partial charge in [-0.3, -0.25) is 10.1 Å². The van der Waals surface area contributed by atoms with Crippen molar-refractivity contribution < 1.29 is 10.0 Å². The molecule has 0 spiro atoms. The summed E-state index contributed by atoms with van der Waals surface area (Å²) >= 11 is 0. The molecule has 0 saturated carbocycles. The van der Waals surface area contributed by atoms with Crippen molar-refractivity contribution in [2.24, 2.45) is 0 Å². The van der Waals surface area contributed by atoms with E-state index in [1.54, 1.807) is 36.4 Å². The van der Waals surface area contributed by atoms with Gasteiger partial charge in [0.1, 0.15) is 23.5 Å². The number of nitro groups is 1. The number of rotatable bonds is 4. The van der Waals surface area contributed by atoms with Crippen LogP contribution in [0.5, 0.6) is 5.75 Å². The third-order valence-corrected chi connectivity index (χ3v) is 3.92. The number of nitro benzene ring substituents is 1. The normalized spacial score (nSPS) is 10.8. The van der Waals surface area contributed by atoms with Gasteiger partial charge in [-0.1, -0.05) is 12.1 Å². The third kappa shape index (κ3) is 2.91. The molecule has 2 heterocycles. The Balaban J connectivity index is 1.74. The number of anilines is 2. The second-order valence-corrected chi connectivity index (χ2v) is 5.65. The van der Waals surface area contributed by atoms with Crippen molar-refractivity contribution in [3.8, 4) is 17.0 Å². The van der Waals surface area contributed by atoms with Gasteiger partial charge in [-0.2, -0.15) is 0 Å². The van der Waals surface area contributed by atoms with E-state index in [4.69, 9.17) is 0 Å². The van der Waals surface area contributed by atoms with Gasteiger partial charge in [0, 0.05) is 29.1 Å². The van der Waals surface area contributed by atoms with E-state index < -0.39 is 4.92 Å². The molecule has 128 valence electrons. The Kier molecular flexibility index (Phi) is 3.70. The highest BCUT2D eigenvalue weighted by atomic mass is 16.6. The van der Waals surface area contributed by atoms with Crippen LogP contribution in [0.2, 0.25) is 0 Å². The minimum absolute atomic E-state index is 0.0229. The fraction of sp³-hybridized carbons (Fsp3) is 0. The van der Waals surface area contributed by atoms with Crippen LogP contribution in [-0.2, 0) is 0 Å². The Morgan fingerprint density at radius 3 is 2.65 bits per heavy atom. The summed E-state index contributed by atoms with van der Waals surface area (Å²) in [5.41, 5.74) is 2.80. The maximum Gasteiger partial charge on any atom is 0.270 e. The first kappa shape index (κ1) is 15.6. The minimum atomic E-state index is -0.427. The second kappa shape index (κ2) is 6.17. The SMILES string of the molecule is O=[N+]([O-])c1cccc(-c2cc3c(Nc4ccc(O)cc4)ncnc3[nH]2)c1. The predicted molar refractivity (Wildman–Crippen MR) is 97.4 cm³/mol. The molecule has 2 aromatic carbocycles. The molecule has 0 saturated heterocycles. The summed E-state index contributed by atoms with van der Waals surface area (Å²) in [5.74, 6) is 0.770. The minimum Gasteiger partial charge on any atom is -0.508 e. The zero-order chi connectivity index (χ0) is 18.1. The number of non-ortho nitro benzene ring substituents is 1.